The average Bonchev–Trinajstić information content (AvgIpc) is 2.50. The van der Waals surface area contributed by atoms with Gasteiger partial charge in [0.2, 0.25) is 5.91 Å². The standard InChI is InChI=1S/C17H17N3O/c1-12-5-3-8-16(13(12)2)20-17(21)11-19-15-7-4-6-14(9-15)10-18/h3-9,19H,11H2,1-2H3,(H,20,21). The van der Waals surface area contributed by atoms with Crippen LogP contribution in [0.15, 0.2) is 42.5 Å². The lowest BCUT2D eigenvalue weighted by molar-refractivity contribution is -0.114. The first-order valence-electron chi connectivity index (χ1n) is 6.70. The lowest BCUT2D eigenvalue weighted by Gasteiger charge is -2.11. The van der Waals surface area contributed by atoms with Gasteiger partial charge in [-0.2, -0.15) is 5.26 Å². The molecule has 2 N–H and O–H groups in total. The summed E-state index contributed by atoms with van der Waals surface area (Å²) in [5.41, 5.74) is 4.35. The Kier molecular flexibility index (Phi) is 4.57. The molecule has 0 aliphatic rings. The summed E-state index contributed by atoms with van der Waals surface area (Å²) in [6, 6.07) is 14.9. The molecule has 0 aromatic heterocycles. The molecule has 1 amide bonds. The molecule has 0 saturated carbocycles. The molecule has 0 bridgehead atoms. The summed E-state index contributed by atoms with van der Waals surface area (Å²) in [5.74, 6) is -0.119. The normalized spacial score (nSPS) is 9.76. The van der Waals surface area contributed by atoms with Crippen molar-refractivity contribution in [3.8, 4) is 6.07 Å². The van der Waals surface area contributed by atoms with Crippen molar-refractivity contribution in [1.29, 1.82) is 5.26 Å². The molecule has 106 valence electrons. The van der Waals surface area contributed by atoms with Crippen molar-refractivity contribution in [2.45, 2.75) is 13.8 Å². The molecule has 2 aromatic carbocycles. The van der Waals surface area contributed by atoms with Gasteiger partial charge in [-0.25, -0.2) is 0 Å². The second-order valence-electron chi connectivity index (χ2n) is 4.84. The second-order valence-corrected chi connectivity index (χ2v) is 4.84. The van der Waals surface area contributed by atoms with Gasteiger partial charge in [0.25, 0.3) is 0 Å². The van der Waals surface area contributed by atoms with E-state index in [2.05, 4.69) is 16.7 Å². The van der Waals surface area contributed by atoms with Gasteiger partial charge in [0, 0.05) is 11.4 Å². The lowest BCUT2D eigenvalue weighted by atomic mass is 10.1. The number of nitriles is 1. The van der Waals surface area contributed by atoms with E-state index in [4.69, 9.17) is 5.26 Å². The molecule has 0 spiro atoms. The minimum absolute atomic E-state index is 0.119. The summed E-state index contributed by atoms with van der Waals surface area (Å²) in [5, 5.41) is 14.7. The van der Waals surface area contributed by atoms with Crippen LogP contribution in [0.1, 0.15) is 16.7 Å². The van der Waals surface area contributed by atoms with Crippen molar-refractivity contribution < 1.29 is 4.79 Å². The fraction of sp³-hybridized carbons (Fsp3) is 0.176. The molecule has 0 aliphatic carbocycles. The molecule has 4 nitrogen and oxygen atoms in total. The van der Waals surface area contributed by atoms with Crippen LogP contribution in [0.4, 0.5) is 11.4 Å². The van der Waals surface area contributed by atoms with Gasteiger partial charge in [-0.15, -0.1) is 0 Å². The number of amides is 1. The van der Waals surface area contributed by atoms with Crippen molar-refractivity contribution in [1.82, 2.24) is 0 Å². The van der Waals surface area contributed by atoms with E-state index < -0.39 is 0 Å². The maximum atomic E-state index is 12.0. The van der Waals surface area contributed by atoms with E-state index >= 15 is 0 Å². The third-order valence-corrected chi connectivity index (χ3v) is 3.32. The molecule has 2 rings (SSSR count). The Bertz CT molecular complexity index is 701. The molecule has 21 heavy (non-hydrogen) atoms. The fourth-order valence-electron chi connectivity index (χ4n) is 1.96. The Hall–Kier alpha value is -2.80. The summed E-state index contributed by atoms with van der Waals surface area (Å²) in [4.78, 5) is 12.0. The Labute approximate surface area is 124 Å². The first-order valence-corrected chi connectivity index (χ1v) is 6.70. The smallest absolute Gasteiger partial charge is 0.243 e. The first kappa shape index (κ1) is 14.6. The first-order chi connectivity index (χ1) is 10.1. The van der Waals surface area contributed by atoms with Crippen LogP contribution in [-0.2, 0) is 4.79 Å². The van der Waals surface area contributed by atoms with Crippen LogP contribution in [-0.4, -0.2) is 12.5 Å². The fourth-order valence-corrected chi connectivity index (χ4v) is 1.96. The van der Waals surface area contributed by atoms with E-state index in [1.165, 1.54) is 0 Å². The van der Waals surface area contributed by atoms with E-state index in [-0.39, 0.29) is 12.5 Å². The Morgan fingerprint density at radius 3 is 2.71 bits per heavy atom. The second kappa shape index (κ2) is 6.58. The minimum Gasteiger partial charge on any atom is -0.376 e. The van der Waals surface area contributed by atoms with E-state index in [9.17, 15) is 4.79 Å². The molecule has 0 aliphatic heterocycles. The van der Waals surface area contributed by atoms with Gasteiger partial charge in [0.1, 0.15) is 0 Å². The molecular formula is C17H17N3O. The van der Waals surface area contributed by atoms with Gasteiger partial charge in [-0.05, 0) is 49.2 Å². The summed E-state index contributed by atoms with van der Waals surface area (Å²) in [6.07, 6.45) is 0. The van der Waals surface area contributed by atoms with Crippen molar-refractivity contribution >= 4 is 17.3 Å². The molecule has 4 heteroatoms. The van der Waals surface area contributed by atoms with Gasteiger partial charge in [0.15, 0.2) is 0 Å². The SMILES string of the molecule is Cc1cccc(NC(=O)CNc2cccc(C#N)c2)c1C. The molecule has 0 heterocycles. The van der Waals surface area contributed by atoms with Crippen LogP contribution < -0.4 is 10.6 Å². The van der Waals surface area contributed by atoms with Crippen molar-refractivity contribution in [3.05, 3.63) is 59.2 Å². The van der Waals surface area contributed by atoms with E-state index in [1.54, 1.807) is 18.2 Å². The predicted molar refractivity (Wildman–Crippen MR) is 84.2 cm³/mol. The Balaban J connectivity index is 1.96. The molecule has 0 atom stereocenters. The largest absolute Gasteiger partial charge is 0.376 e. The van der Waals surface area contributed by atoms with Gasteiger partial charge >= 0.3 is 0 Å². The van der Waals surface area contributed by atoms with E-state index in [0.29, 0.717) is 5.56 Å². The van der Waals surface area contributed by atoms with E-state index in [0.717, 1.165) is 22.5 Å². The highest BCUT2D eigenvalue weighted by atomic mass is 16.1. The van der Waals surface area contributed by atoms with Crippen molar-refractivity contribution in [2.75, 3.05) is 17.2 Å². The lowest BCUT2D eigenvalue weighted by Crippen LogP contribution is -2.22. The number of benzene rings is 2. The van der Waals surface area contributed by atoms with Gasteiger partial charge in [0.05, 0.1) is 18.2 Å². The number of nitrogens with one attached hydrogen (secondary N) is 2. The number of aryl methyl sites for hydroxylation is 1. The van der Waals surface area contributed by atoms with Gasteiger partial charge < -0.3 is 10.6 Å². The molecule has 2 aromatic rings. The summed E-state index contributed by atoms with van der Waals surface area (Å²) in [6.45, 7) is 4.15. The maximum Gasteiger partial charge on any atom is 0.243 e. The van der Waals surface area contributed by atoms with Crippen LogP contribution in [0.25, 0.3) is 0 Å². The number of rotatable bonds is 4. The summed E-state index contributed by atoms with van der Waals surface area (Å²) >= 11 is 0. The Morgan fingerprint density at radius 1 is 1.19 bits per heavy atom. The number of hydrogen-bond donors (Lipinski definition) is 2. The van der Waals surface area contributed by atoms with Crippen LogP contribution in [0.2, 0.25) is 0 Å². The molecule has 0 fully saturated rings. The van der Waals surface area contributed by atoms with Crippen LogP contribution in [0.3, 0.4) is 0 Å². The summed E-state index contributed by atoms with van der Waals surface area (Å²) in [7, 11) is 0. The molecule has 0 saturated heterocycles. The Morgan fingerprint density at radius 2 is 1.95 bits per heavy atom. The maximum absolute atomic E-state index is 12.0. The quantitative estimate of drug-likeness (QED) is 0.903. The van der Waals surface area contributed by atoms with Gasteiger partial charge in [-0.1, -0.05) is 18.2 Å². The number of anilines is 2. The highest BCUT2D eigenvalue weighted by Crippen LogP contribution is 2.17. The van der Waals surface area contributed by atoms with Crippen LogP contribution >= 0.6 is 0 Å². The number of carbonyl (C=O) groups excluding carboxylic acids is 1. The highest BCUT2D eigenvalue weighted by Gasteiger charge is 2.06. The zero-order valence-electron chi connectivity index (χ0n) is 12.1. The number of carbonyl (C=O) groups is 1. The number of hydrogen-bond acceptors (Lipinski definition) is 3. The highest BCUT2D eigenvalue weighted by molar-refractivity contribution is 5.94. The molecular weight excluding hydrogens is 262 g/mol. The third-order valence-electron chi connectivity index (χ3n) is 3.32. The topological polar surface area (TPSA) is 64.9 Å². The zero-order valence-corrected chi connectivity index (χ0v) is 12.1. The molecule has 0 unspecified atom stereocenters. The zero-order chi connectivity index (χ0) is 15.2. The molecule has 0 radical (unpaired) electrons. The third kappa shape index (κ3) is 3.83. The average molecular weight is 279 g/mol. The minimum atomic E-state index is -0.119. The predicted octanol–water partition coefficient (Wildman–Crippen LogP) is 3.23. The summed E-state index contributed by atoms with van der Waals surface area (Å²) < 4.78 is 0. The monoisotopic (exact) mass is 279 g/mol. The van der Waals surface area contributed by atoms with Crippen LogP contribution in [0, 0.1) is 25.2 Å². The number of nitrogens with zero attached hydrogens (tertiary/aromatic N) is 1. The van der Waals surface area contributed by atoms with Crippen molar-refractivity contribution in [3.63, 3.8) is 0 Å². The van der Waals surface area contributed by atoms with Crippen molar-refractivity contribution in [2.24, 2.45) is 0 Å². The van der Waals surface area contributed by atoms with E-state index in [1.807, 2.05) is 38.1 Å². The van der Waals surface area contributed by atoms with Gasteiger partial charge in [-0.3, -0.25) is 4.79 Å². The van der Waals surface area contributed by atoms with Crippen LogP contribution in [0.5, 0.6) is 0 Å².